The van der Waals surface area contributed by atoms with E-state index in [1.807, 2.05) is 0 Å². The molecule has 0 aromatic heterocycles. The summed E-state index contributed by atoms with van der Waals surface area (Å²) in [5, 5.41) is 8.76. The molecule has 1 N–H and O–H groups in total. The fraction of sp³-hybridized carbons (Fsp3) is 1.00. The summed E-state index contributed by atoms with van der Waals surface area (Å²) in [6.45, 7) is -0.689. The largest absolute Gasteiger partial charge is 0.388 e. The molecular weight excluding hydrogens is 127 g/mol. The Hall–Kier alpha value is -0.190. The monoisotopic (exact) mass is 138 g/mol. The second kappa shape index (κ2) is 5.94. The van der Waals surface area contributed by atoms with Crippen LogP contribution in [0.15, 0.2) is 0 Å². The van der Waals surface area contributed by atoms with Gasteiger partial charge in [0.05, 0.1) is 13.2 Å². The Kier molecular flexibility index (Phi) is 5.81. The Labute approximate surface area is 53.4 Å². The van der Waals surface area contributed by atoms with Crippen molar-refractivity contribution >= 4 is 0 Å². The maximum atomic E-state index is 11.2. The minimum Gasteiger partial charge on any atom is -0.388 e. The van der Waals surface area contributed by atoms with Crippen LogP contribution in [-0.4, -0.2) is 38.4 Å². The van der Waals surface area contributed by atoms with Gasteiger partial charge in [0.1, 0.15) is 6.10 Å². The summed E-state index contributed by atoms with van der Waals surface area (Å²) in [6, 6.07) is 0. The molecule has 9 heavy (non-hydrogen) atoms. The molecule has 1 atom stereocenters. The zero-order valence-electron chi connectivity index (χ0n) is 5.34. The highest BCUT2D eigenvalue weighted by molar-refractivity contribution is 4.48. The molecule has 1 unspecified atom stereocenters. The molecule has 0 fully saturated rings. The summed E-state index contributed by atoms with van der Waals surface area (Å²) in [4.78, 5) is 0. The van der Waals surface area contributed by atoms with Gasteiger partial charge in [0.25, 0.3) is 0 Å². The zero-order valence-corrected chi connectivity index (χ0v) is 5.34. The molecule has 0 radical (unpaired) electrons. The van der Waals surface area contributed by atoms with Crippen molar-refractivity contribution in [3.05, 3.63) is 0 Å². The van der Waals surface area contributed by atoms with Crippen molar-refractivity contribution in [3.63, 3.8) is 0 Å². The third-order valence-corrected chi connectivity index (χ3v) is 0.746. The minimum absolute atomic E-state index is 0.00958. The van der Waals surface area contributed by atoms with Gasteiger partial charge < -0.3 is 14.6 Å². The quantitative estimate of drug-likeness (QED) is 0.578. The smallest absolute Gasteiger partial charge is 0.188 e. The first-order valence-corrected chi connectivity index (χ1v) is 2.62. The Bertz CT molecular complexity index is 60.2. The third kappa shape index (κ3) is 5.68. The maximum Gasteiger partial charge on any atom is 0.188 e. The molecule has 0 aliphatic rings. The van der Waals surface area contributed by atoms with E-state index in [9.17, 15) is 4.39 Å². The van der Waals surface area contributed by atoms with Crippen molar-refractivity contribution in [3.8, 4) is 0 Å². The molecule has 0 bridgehead atoms. The highest BCUT2D eigenvalue weighted by Gasteiger charge is 2.01. The van der Waals surface area contributed by atoms with Crippen LogP contribution in [0.4, 0.5) is 4.39 Å². The Balaban J connectivity index is 2.95. The van der Waals surface area contributed by atoms with Crippen molar-refractivity contribution in [2.45, 2.75) is 6.10 Å². The van der Waals surface area contributed by atoms with Crippen molar-refractivity contribution in [2.24, 2.45) is 0 Å². The average molecular weight is 138 g/mol. The first-order valence-electron chi connectivity index (χ1n) is 2.62. The van der Waals surface area contributed by atoms with Crippen LogP contribution in [0.3, 0.4) is 0 Å². The molecule has 4 heteroatoms. The molecule has 56 valence electrons. The summed E-state index contributed by atoms with van der Waals surface area (Å²) in [6.07, 6.45) is -0.717. The molecule has 0 saturated heterocycles. The van der Waals surface area contributed by atoms with Gasteiger partial charge in [-0.15, -0.1) is 0 Å². The van der Waals surface area contributed by atoms with Crippen LogP contribution in [0.25, 0.3) is 0 Å². The standard InChI is InChI=1S/C5H11FO3/c1-8-2-5(7)3-9-4-6/h5,7H,2-4H2,1H3. The van der Waals surface area contributed by atoms with Crippen molar-refractivity contribution < 1.29 is 19.0 Å². The van der Waals surface area contributed by atoms with Crippen molar-refractivity contribution in [1.82, 2.24) is 0 Å². The molecule has 0 amide bonds. The van der Waals surface area contributed by atoms with E-state index in [4.69, 9.17) is 5.11 Å². The van der Waals surface area contributed by atoms with Crippen LogP contribution in [0.5, 0.6) is 0 Å². The normalized spacial score (nSPS) is 13.7. The summed E-state index contributed by atoms with van der Waals surface area (Å²) in [7, 11) is 1.46. The average Bonchev–Trinajstić information content (AvgIpc) is 1.85. The zero-order chi connectivity index (χ0) is 7.11. The lowest BCUT2D eigenvalue weighted by atomic mass is 10.4. The summed E-state index contributed by atoms with van der Waals surface area (Å²) < 4.78 is 20.0. The van der Waals surface area contributed by atoms with E-state index < -0.39 is 13.0 Å². The lowest BCUT2D eigenvalue weighted by Gasteiger charge is -2.06. The Morgan fingerprint density at radius 1 is 1.56 bits per heavy atom. The van der Waals surface area contributed by atoms with E-state index in [2.05, 4.69) is 9.47 Å². The predicted molar refractivity (Wildman–Crippen MR) is 29.8 cm³/mol. The molecule has 0 aliphatic heterocycles. The lowest BCUT2D eigenvalue weighted by Crippen LogP contribution is -2.20. The van der Waals surface area contributed by atoms with E-state index in [1.54, 1.807) is 0 Å². The van der Waals surface area contributed by atoms with Gasteiger partial charge in [-0.2, -0.15) is 0 Å². The number of hydrogen-bond acceptors (Lipinski definition) is 3. The minimum atomic E-state index is -0.860. The number of methoxy groups -OCH3 is 1. The predicted octanol–water partition coefficient (Wildman–Crippen LogP) is -0.0627. The van der Waals surface area contributed by atoms with E-state index in [0.29, 0.717) is 0 Å². The molecule has 3 nitrogen and oxygen atoms in total. The SMILES string of the molecule is COCC(O)COCF. The molecule has 0 aromatic carbocycles. The topological polar surface area (TPSA) is 38.7 Å². The fourth-order valence-electron chi connectivity index (χ4n) is 0.421. The number of aliphatic hydroxyl groups excluding tert-OH is 1. The van der Waals surface area contributed by atoms with Gasteiger partial charge in [0.15, 0.2) is 6.86 Å². The third-order valence-electron chi connectivity index (χ3n) is 0.746. The van der Waals surface area contributed by atoms with E-state index in [0.717, 1.165) is 0 Å². The Morgan fingerprint density at radius 3 is 2.67 bits per heavy atom. The molecule has 0 heterocycles. The van der Waals surface area contributed by atoms with Gasteiger partial charge in [0.2, 0.25) is 0 Å². The number of ether oxygens (including phenoxy) is 2. The molecule has 0 aliphatic carbocycles. The maximum absolute atomic E-state index is 11.2. The van der Waals surface area contributed by atoms with Crippen molar-refractivity contribution in [1.29, 1.82) is 0 Å². The van der Waals surface area contributed by atoms with Gasteiger partial charge in [-0.1, -0.05) is 0 Å². The van der Waals surface area contributed by atoms with Crippen molar-refractivity contribution in [2.75, 3.05) is 27.2 Å². The lowest BCUT2D eigenvalue weighted by molar-refractivity contribution is -0.0311. The van der Waals surface area contributed by atoms with E-state index in [-0.39, 0.29) is 13.2 Å². The van der Waals surface area contributed by atoms with Gasteiger partial charge in [-0.05, 0) is 0 Å². The number of aliphatic hydroxyl groups is 1. The summed E-state index contributed by atoms with van der Waals surface area (Å²) >= 11 is 0. The second-order valence-electron chi connectivity index (χ2n) is 1.59. The summed E-state index contributed by atoms with van der Waals surface area (Å²) in [5.74, 6) is 0. The first kappa shape index (κ1) is 8.81. The molecule has 0 rings (SSSR count). The molecule has 0 aromatic rings. The summed E-state index contributed by atoms with van der Waals surface area (Å²) in [5.41, 5.74) is 0. The molecule has 0 spiro atoms. The second-order valence-corrected chi connectivity index (χ2v) is 1.59. The Morgan fingerprint density at radius 2 is 2.22 bits per heavy atom. The highest BCUT2D eigenvalue weighted by atomic mass is 19.1. The number of rotatable bonds is 5. The highest BCUT2D eigenvalue weighted by Crippen LogP contribution is 1.85. The number of alkyl halides is 1. The number of halogens is 1. The first-order chi connectivity index (χ1) is 4.31. The van der Waals surface area contributed by atoms with Crippen LogP contribution < -0.4 is 0 Å². The van der Waals surface area contributed by atoms with Gasteiger partial charge in [0, 0.05) is 7.11 Å². The van der Waals surface area contributed by atoms with E-state index >= 15 is 0 Å². The van der Waals surface area contributed by atoms with Crippen LogP contribution in [0.1, 0.15) is 0 Å². The molecule has 0 saturated carbocycles. The van der Waals surface area contributed by atoms with Crippen LogP contribution in [0.2, 0.25) is 0 Å². The van der Waals surface area contributed by atoms with Crippen LogP contribution in [-0.2, 0) is 9.47 Å². The van der Waals surface area contributed by atoms with Gasteiger partial charge in [-0.25, -0.2) is 4.39 Å². The fourth-order valence-corrected chi connectivity index (χ4v) is 0.421. The molecular formula is C5H11FO3. The van der Waals surface area contributed by atoms with Crippen LogP contribution in [0, 0.1) is 0 Å². The van der Waals surface area contributed by atoms with Crippen LogP contribution >= 0.6 is 0 Å². The van der Waals surface area contributed by atoms with Gasteiger partial charge in [-0.3, -0.25) is 0 Å². The van der Waals surface area contributed by atoms with Gasteiger partial charge >= 0.3 is 0 Å². The van der Waals surface area contributed by atoms with E-state index in [1.165, 1.54) is 7.11 Å². The number of hydrogen-bond donors (Lipinski definition) is 1.